The third kappa shape index (κ3) is 2.74. The maximum absolute atomic E-state index is 13.3. The zero-order valence-electron chi connectivity index (χ0n) is 15.4. The molecule has 2 aliphatic rings. The Bertz CT molecular complexity index is 960. The highest BCUT2D eigenvalue weighted by Crippen LogP contribution is 2.33. The molecule has 1 N–H and O–H groups in total. The molecule has 1 fully saturated rings. The third-order valence-electron chi connectivity index (χ3n) is 5.52. The summed E-state index contributed by atoms with van der Waals surface area (Å²) in [4.78, 5) is 41.1. The van der Waals surface area contributed by atoms with Crippen LogP contribution in [-0.2, 0) is 21.5 Å². The van der Waals surface area contributed by atoms with E-state index in [1.54, 1.807) is 11.8 Å². The highest BCUT2D eigenvalue weighted by atomic mass is 19.1. The monoisotopic (exact) mass is 381 g/mol. The fourth-order valence-corrected chi connectivity index (χ4v) is 3.96. The Morgan fingerprint density at radius 1 is 1.14 bits per heavy atom. The number of nitrogens with one attached hydrogen (secondary N) is 1. The number of amides is 4. The van der Waals surface area contributed by atoms with Crippen LogP contribution in [0, 0.1) is 5.82 Å². The topological polar surface area (TPSA) is 69.7 Å². The minimum atomic E-state index is -1.28. The van der Waals surface area contributed by atoms with E-state index < -0.39 is 23.3 Å². The predicted octanol–water partition coefficient (Wildman–Crippen LogP) is 2.57. The first-order valence-electron chi connectivity index (χ1n) is 9.24. The lowest BCUT2D eigenvalue weighted by Gasteiger charge is -2.26. The van der Waals surface area contributed by atoms with Gasteiger partial charge < -0.3 is 10.2 Å². The molecule has 0 unspecified atom stereocenters. The van der Waals surface area contributed by atoms with Crippen LogP contribution in [0.3, 0.4) is 0 Å². The Kier molecular flexibility index (Phi) is 4.37. The molecule has 1 saturated heterocycles. The Balaban J connectivity index is 1.58. The zero-order chi connectivity index (χ0) is 19.9. The molecular formula is C21H20FN3O3. The normalized spacial score (nSPS) is 21.1. The van der Waals surface area contributed by atoms with Crippen LogP contribution in [0.4, 0.5) is 14.9 Å². The predicted molar refractivity (Wildman–Crippen MR) is 101 cm³/mol. The number of fused-ring (bicyclic) bond motifs is 1. The van der Waals surface area contributed by atoms with Crippen molar-refractivity contribution in [1.82, 2.24) is 10.2 Å². The Morgan fingerprint density at radius 3 is 2.57 bits per heavy atom. The van der Waals surface area contributed by atoms with E-state index in [4.69, 9.17) is 0 Å². The second kappa shape index (κ2) is 6.74. The number of hydrogen-bond acceptors (Lipinski definition) is 3. The number of anilines is 1. The fraction of sp³-hybridized carbons (Fsp3) is 0.286. The van der Waals surface area contributed by atoms with Gasteiger partial charge in [-0.1, -0.05) is 37.3 Å². The van der Waals surface area contributed by atoms with Gasteiger partial charge in [-0.15, -0.1) is 0 Å². The Hall–Kier alpha value is -3.22. The molecule has 0 saturated carbocycles. The SMILES string of the molecule is CC[C@]1(c2ccc(F)cc2)NC(=O)N(CC(=O)N2CCc3ccccc32)C1=O. The minimum absolute atomic E-state index is 0.292. The number of rotatable bonds is 4. The van der Waals surface area contributed by atoms with Gasteiger partial charge in [0, 0.05) is 12.2 Å². The van der Waals surface area contributed by atoms with Gasteiger partial charge in [-0.25, -0.2) is 9.18 Å². The number of carbonyl (C=O) groups is 3. The molecule has 0 aromatic heterocycles. The fourth-order valence-electron chi connectivity index (χ4n) is 3.96. The molecule has 0 bridgehead atoms. The second-order valence-corrected chi connectivity index (χ2v) is 7.01. The first-order valence-corrected chi connectivity index (χ1v) is 9.24. The molecule has 4 amide bonds. The van der Waals surface area contributed by atoms with Crippen molar-refractivity contribution < 1.29 is 18.8 Å². The van der Waals surface area contributed by atoms with E-state index in [-0.39, 0.29) is 12.5 Å². The summed E-state index contributed by atoms with van der Waals surface area (Å²) >= 11 is 0. The van der Waals surface area contributed by atoms with Gasteiger partial charge in [-0.2, -0.15) is 0 Å². The van der Waals surface area contributed by atoms with Crippen LogP contribution in [-0.4, -0.2) is 35.8 Å². The summed E-state index contributed by atoms with van der Waals surface area (Å²) in [5, 5.41) is 2.71. The van der Waals surface area contributed by atoms with Crippen molar-refractivity contribution in [3.05, 3.63) is 65.5 Å². The summed E-state index contributed by atoms with van der Waals surface area (Å²) in [6.07, 6.45) is 1.04. The van der Waals surface area contributed by atoms with E-state index in [0.717, 1.165) is 22.6 Å². The number of benzene rings is 2. The van der Waals surface area contributed by atoms with Crippen LogP contribution in [0.5, 0.6) is 0 Å². The molecule has 144 valence electrons. The summed E-state index contributed by atoms with van der Waals surface area (Å²) in [5.41, 5.74) is 1.10. The minimum Gasteiger partial charge on any atom is -0.319 e. The van der Waals surface area contributed by atoms with Crippen LogP contribution in [0.25, 0.3) is 0 Å². The molecule has 6 nitrogen and oxygen atoms in total. The number of hydrogen-bond donors (Lipinski definition) is 1. The lowest BCUT2D eigenvalue weighted by atomic mass is 9.87. The molecule has 2 aliphatic heterocycles. The van der Waals surface area contributed by atoms with Gasteiger partial charge >= 0.3 is 6.03 Å². The van der Waals surface area contributed by atoms with Crippen molar-refractivity contribution in [2.24, 2.45) is 0 Å². The van der Waals surface area contributed by atoms with Crippen molar-refractivity contribution >= 4 is 23.5 Å². The molecule has 0 radical (unpaired) electrons. The quantitative estimate of drug-likeness (QED) is 0.828. The number of imide groups is 1. The van der Waals surface area contributed by atoms with Crippen molar-refractivity contribution in [2.45, 2.75) is 25.3 Å². The number of carbonyl (C=O) groups excluding carboxylic acids is 3. The lowest BCUT2D eigenvalue weighted by Crippen LogP contribution is -2.45. The molecule has 0 aliphatic carbocycles. The summed E-state index contributed by atoms with van der Waals surface area (Å²) < 4.78 is 13.3. The molecule has 28 heavy (non-hydrogen) atoms. The van der Waals surface area contributed by atoms with E-state index >= 15 is 0 Å². The van der Waals surface area contributed by atoms with Gasteiger partial charge in [-0.05, 0) is 42.2 Å². The molecule has 1 atom stereocenters. The van der Waals surface area contributed by atoms with Gasteiger partial charge in [-0.3, -0.25) is 14.5 Å². The smallest absolute Gasteiger partial charge is 0.319 e. The van der Waals surface area contributed by atoms with E-state index in [1.165, 1.54) is 24.3 Å². The number of halogens is 1. The number of urea groups is 1. The van der Waals surface area contributed by atoms with Gasteiger partial charge in [0.1, 0.15) is 17.9 Å². The van der Waals surface area contributed by atoms with Gasteiger partial charge in [0.2, 0.25) is 5.91 Å². The van der Waals surface area contributed by atoms with Crippen LogP contribution >= 0.6 is 0 Å². The maximum Gasteiger partial charge on any atom is 0.325 e. The summed E-state index contributed by atoms with van der Waals surface area (Å²) in [7, 11) is 0. The Morgan fingerprint density at radius 2 is 1.86 bits per heavy atom. The van der Waals surface area contributed by atoms with Crippen LogP contribution in [0.2, 0.25) is 0 Å². The van der Waals surface area contributed by atoms with Crippen molar-refractivity contribution in [2.75, 3.05) is 18.0 Å². The highest BCUT2D eigenvalue weighted by Gasteiger charge is 2.52. The molecule has 0 spiro atoms. The average molecular weight is 381 g/mol. The van der Waals surface area contributed by atoms with Gasteiger partial charge in [0.15, 0.2) is 0 Å². The largest absolute Gasteiger partial charge is 0.325 e. The van der Waals surface area contributed by atoms with Crippen molar-refractivity contribution in [3.8, 4) is 0 Å². The first-order chi connectivity index (χ1) is 13.5. The van der Waals surface area contributed by atoms with Crippen molar-refractivity contribution in [1.29, 1.82) is 0 Å². The Labute approximate surface area is 161 Å². The molecule has 2 aromatic rings. The molecule has 2 aromatic carbocycles. The van der Waals surface area contributed by atoms with E-state index in [9.17, 15) is 18.8 Å². The van der Waals surface area contributed by atoms with E-state index in [0.29, 0.717) is 18.5 Å². The van der Waals surface area contributed by atoms with E-state index in [2.05, 4.69) is 5.32 Å². The zero-order valence-corrected chi connectivity index (χ0v) is 15.4. The number of nitrogens with zero attached hydrogens (tertiary/aromatic N) is 2. The molecule has 4 rings (SSSR count). The third-order valence-corrected chi connectivity index (χ3v) is 5.52. The lowest BCUT2D eigenvalue weighted by molar-refractivity contribution is -0.134. The van der Waals surface area contributed by atoms with Crippen LogP contribution in [0.1, 0.15) is 24.5 Å². The first kappa shape index (κ1) is 18.2. The average Bonchev–Trinajstić information content (AvgIpc) is 3.23. The molecule has 2 heterocycles. The summed E-state index contributed by atoms with van der Waals surface area (Å²) in [6.45, 7) is 1.96. The van der Waals surface area contributed by atoms with Gasteiger partial charge in [0.25, 0.3) is 5.91 Å². The summed E-state index contributed by atoms with van der Waals surface area (Å²) in [5.74, 6) is -1.22. The summed E-state index contributed by atoms with van der Waals surface area (Å²) in [6, 6.07) is 12.5. The van der Waals surface area contributed by atoms with Crippen LogP contribution in [0.15, 0.2) is 48.5 Å². The van der Waals surface area contributed by atoms with Gasteiger partial charge in [0.05, 0.1) is 0 Å². The molecule has 7 heteroatoms. The highest BCUT2D eigenvalue weighted by molar-refractivity contribution is 6.11. The van der Waals surface area contributed by atoms with Crippen LogP contribution < -0.4 is 10.2 Å². The standard InChI is InChI=1S/C21H20FN3O3/c1-2-21(15-7-9-16(22)10-8-15)19(27)25(20(28)23-21)13-18(26)24-12-11-14-5-3-4-6-17(14)24/h3-10H,2,11-13H2,1H3,(H,23,28)/t21-/m1/s1. The second-order valence-electron chi connectivity index (χ2n) is 7.01. The molecular weight excluding hydrogens is 361 g/mol. The maximum atomic E-state index is 13.3. The number of para-hydroxylation sites is 1. The van der Waals surface area contributed by atoms with E-state index in [1.807, 2.05) is 24.3 Å². The van der Waals surface area contributed by atoms with Crippen molar-refractivity contribution in [3.63, 3.8) is 0 Å².